The molecular formula is C24H30BrFN2O3. The fourth-order valence-corrected chi connectivity index (χ4v) is 3.29. The van der Waals surface area contributed by atoms with E-state index in [2.05, 4.69) is 21.2 Å². The monoisotopic (exact) mass is 492 g/mol. The largest absolute Gasteiger partial charge is 0.484 e. The summed E-state index contributed by atoms with van der Waals surface area (Å²) in [6, 6.07) is 9.14. The van der Waals surface area contributed by atoms with Gasteiger partial charge >= 0.3 is 0 Å². The first-order valence-electron chi connectivity index (χ1n) is 10.3. The highest BCUT2D eigenvalue weighted by atomic mass is 79.9. The Balaban J connectivity index is 2.19. The Morgan fingerprint density at radius 2 is 1.74 bits per heavy atom. The molecule has 31 heavy (non-hydrogen) atoms. The zero-order chi connectivity index (χ0) is 23.1. The Kier molecular flexibility index (Phi) is 9.04. The Bertz CT molecular complexity index is 910. The smallest absolute Gasteiger partial charge is 0.261 e. The van der Waals surface area contributed by atoms with Crippen molar-refractivity contribution in [2.45, 2.75) is 47.2 Å². The number of benzene rings is 2. The van der Waals surface area contributed by atoms with Gasteiger partial charge in [0.15, 0.2) is 6.61 Å². The molecule has 0 fully saturated rings. The van der Waals surface area contributed by atoms with E-state index in [9.17, 15) is 14.0 Å². The van der Waals surface area contributed by atoms with Gasteiger partial charge in [-0.1, -0.05) is 48.0 Å². The number of carbonyl (C=O) groups is 2. The van der Waals surface area contributed by atoms with E-state index >= 15 is 0 Å². The van der Waals surface area contributed by atoms with E-state index in [0.717, 1.165) is 15.6 Å². The third kappa shape index (κ3) is 7.06. The van der Waals surface area contributed by atoms with E-state index in [-0.39, 0.29) is 25.0 Å². The topological polar surface area (TPSA) is 58.6 Å². The standard InChI is InChI=1S/C24H30BrFN2O3/c1-15(2)12-27-24(30)18(5)28(13-19-8-6-7-9-21(19)26)22(29)14-31-20-10-16(3)23(25)17(4)11-20/h6-11,15,18H,12-14H2,1-5H3,(H,27,30). The lowest BCUT2D eigenvalue weighted by atomic mass is 10.1. The van der Waals surface area contributed by atoms with Gasteiger partial charge in [0.05, 0.1) is 0 Å². The molecular weight excluding hydrogens is 463 g/mol. The molecule has 1 unspecified atom stereocenters. The molecule has 0 aromatic heterocycles. The highest BCUT2D eigenvalue weighted by Gasteiger charge is 2.27. The lowest BCUT2D eigenvalue weighted by Gasteiger charge is -2.29. The van der Waals surface area contributed by atoms with Crippen molar-refractivity contribution in [3.63, 3.8) is 0 Å². The molecule has 2 amide bonds. The summed E-state index contributed by atoms with van der Waals surface area (Å²) in [6.07, 6.45) is 0. The molecule has 0 bridgehead atoms. The van der Waals surface area contributed by atoms with Crippen LogP contribution in [0.1, 0.15) is 37.5 Å². The summed E-state index contributed by atoms with van der Waals surface area (Å²) >= 11 is 3.51. The average molecular weight is 493 g/mol. The summed E-state index contributed by atoms with van der Waals surface area (Å²) < 4.78 is 20.9. The number of nitrogens with one attached hydrogen (secondary N) is 1. The lowest BCUT2D eigenvalue weighted by molar-refractivity contribution is -0.142. The van der Waals surface area contributed by atoms with E-state index in [1.54, 1.807) is 25.1 Å². The molecule has 1 atom stereocenters. The van der Waals surface area contributed by atoms with Crippen molar-refractivity contribution in [2.24, 2.45) is 5.92 Å². The third-order valence-electron chi connectivity index (χ3n) is 4.92. The van der Waals surface area contributed by atoms with Gasteiger partial charge < -0.3 is 15.0 Å². The van der Waals surface area contributed by atoms with Gasteiger partial charge in [-0.25, -0.2) is 4.39 Å². The molecule has 0 saturated carbocycles. The number of rotatable bonds is 9. The fraction of sp³-hybridized carbons (Fsp3) is 0.417. The first-order chi connectivity index (χ1) is 14.6. The van der Waals surface area contributed by atoms with Crippen LogP contribution in [0.5, 0.6) is 5.75 Å². The zero-order valence-electron chi connectivity index (χ0n) is 18.7. The molecule has 0 aliphatic heterocycles. The molecule has 0 heterocycles. The maximum Gasteiger partial charge on any atom is 0.261 e. The van der Waals surface area contributed by atoms with Gasteiger partial charge in [-0.15, -0.1) is 0 Å². The van der Waals surface area contributed by atoms with Crippen molar-refractivity contribution in [3.05, 3.63) is 63.4 Å². The van der Waals surface area contributed by atoms with Crippen LogP contribution in [0.15, 0.2) is 40.9 Å². The van der Waals surface area contributed by atoms with E-state index in [4.69, 9.17) is 4.74 Å². The first-order valence-corrected chi connectivity index (χ1v) is 11.1. The highest BCUT2D eigenvalue weighted by Crippen LogP contribution is 2.26. The van der Waals surface area contributed by atoms with Crippen molar-refractivity contribution in [1.82, 2.24) is 10.2 Å². The first kappa shape index (κ1) is 24.9. The maximum atomic E-state index is 14.2. The summed E-state index contributed by atoms with van der Waals surface area (Å²) in [5, 5.41) is 2.84. The molecule has 168 valence electrons. The van der Waals surface area contributed by atoms with Crippen LogP contribution in [0, 0.1) is 25.6 Å². The van der Waals surface area contributed by atoms with Crippen molar-refractivity contribution in [3.8, 4) is 5.75 Å². The number of halogens is 2. The highest BCUT2D eigenvalue weighted by molar-refractivity contribution is 9.10. The van der Waals surface area contributed by atoms with Crippen LogP contribution in [0.2, 0.25) is 0 Å². The molecule has 1 N–H and O–H groups in total. The maximum absolute atomic E-state index is 14.2. The zero-order valence-corrected chi connectivity index (χ0v) is 20.3. The van der Waals surface area contributed by atoms with E-state index in [0.29, 0.717) is 17.9 Å². The Labute approximate surface area is 192 Å². The molecule has 0 radical (unpaired) electrons. The van der Waals surface area contributed by atoms with Crippen LogP contribution in [0.4, 0.5) is 4.39 Å². The number of carbonyl (C=O) groups excluding carboxylic acids is 2. The summed E-state index contributed by atoms with van der Waals surface area (Å²) in [7, 11) is 0. The summed E-state index contributed by atoms with van der Waals surface area (Å²) in [4.78, 5) is 27.0. The SMILES string of the molecule is Cc1cc(OCC(=O)N(Cc2ccccc2F)C(C)C(=O)NCC(C)C)cc(C)c1Br. The number of nitrogens with zero attached hydrogens (tertiary/aromatic N) is 1. The van der Waals surface area contributed by atoms with Crippen molar-refractivity contribution in [2.75, 3.05) is 13.2 Å². The normalized spacial score (nSPS) is 11.9. The molecule has 0 aliphatic carbocycles. The number of ether oxygens (including phenoxy) is 1. The van der Waals surface area contributed by atoms with Gasteiger partial charge in [0, 0.05) is 23.1 Å². The number of hydrogen-bond donors (Lipinski definition) is 1. The third-order valence-corrected chi connectivity index (χ3v) is 6.17. The molecule has 0 saturated heterocycles. The second-order valence-corrected chi connectivity index (χ2v) is 8.88. The summed E-state index contributed by atoms with van der Waals surface area (Å²) in [5.41, 5.74) is 2.33. The van der Waals surface area contributed by atoms with Gasteiger partial charge in [0.2, 0.25) is 5.91 Å². The van der Waals surface area contributed by atoms with Crippen molar-refractivity contribution in [1.29, 1.82) is 0 Å². The predicted octanol–water partition coefficient (Wildman–Crippen LogP) is 4.77. The van der Waals surface area contributed by atoms with E-state index < -0.39 is 17.8 Å². The molecule has 5 nitrogen and oxygen atoms in total. The van der Waals surface area contributed by atoms with Crippen molar-refractivity contribution < 1.29 is 18.7 Å². The van der Waals surface area contributed by atoms with Crippen LogP contribution in [-0.2, 0) is 16.1 Å². The van der Waals surface area contributed by atoms with E-state index in [1.165, 1.54) is 11.0 Å². The molecule has 0 aliphatic rings. The number of amides is 2. The number of hydrogen-bond acceptors (Lipinski definition) is 3. The second-order valence-electron chi connectivity index (χ2n) is 8.09. The van der Waals surface area contributed by atoms with Gasteiger partial charge in [-0.2, -0.15) is 0 Å². The fourth-order valence-electron chi connectivity index (χ4n) is 3.06. The van der Waals surface area contributed by atoms with Gasteiger partial charge in [-0.05, 0) is 56.0 Å². The lowest BCUT2D eigenvalue weighted by Crippen LogP contribution is -2.49. The van der Waals surface area contributed by atoms with Gasteiger partial charge in [0.25, 0.3) is 5.91 Å². The Hall–Kier alpha value is -2.41. The van der Waals surface area contributed by atoms with E-state index in [1.807, 2.05) is 39.8 Å². The second kappa shape index (κ2) is 11.3. The molecule has 2 aromatic rings. The van der Waals surface area contributed by atoms with Crippen LogP contribution < -0.4 is 10.1 Å². The van der Waals surface area contributed by atoms with Gasteiger partial charge in [-0.3, -0.25) is 9.59 Å². The quantitative estimate of drug-likeness (QED) is 0.548. The van der Waals surface area contributed by atoms with Crippen molar-refractivity contribution >= 4 is 27.7 Å². The summed E-state index contributed by atoms with van der Waals surface area (Å²) in [5.74, 6) is -0.258. The minimum absolute atomic E-state index is 0.0243. The molecule has 0 spiro atoms. The Morgan fingerprint density at radius 3 is 2.32 bits per heavy atom. The molecule has 7 heteroatoms. The Morgan fingerprint density at radius 1 is 1.13 bits per heavy atom. The van der Waals surface area contributed by atoms with Crippen LogP contribution >= 0.6 is 15.9 Å². The molecule has 2 aromatic carbocycles. The predicted molar refractivity (Wildman–Crippen MR) is 123 cm³/mol. The van der Waals surface area contributed by atoms with Crippen LogP contribution in [0.3, 0.4) is 0 Å². The number of aryl methyl sites for hydroxylation is 2. The average Bonchev–Trinajstić information content (AvgIpc) is 2.72. The van der Waals surface area contributed by atoms with Gasteiger partial charge in [0.1, 0.15) is 17.6 Å². The minimum atomic E-state index is -0.775. The summed E-state index contributed by atoms with van der Waals surface area (Å²) in [6.45, 7) is 9.72. The van der Waals surface area contributed by atoms with Crippen LogP contribution in [0.25, 0.3) is 0 Å². The molecule has 2 rings (SSSR count). The van der Waals surface area contributed by atoms with Crippen LogP contribution in [-0.4, -0.2) is 35.9 Å². The minimum Gasteiger partial charge on any atom is -0.484 e.